The van der Waals surface area contributed by atoms with E-state index in [0.717, 1.165) is 0 Å². The number of halogens is 2. The van der Waals surface area contributed by atoms with Crippen molar-refractivity contribution in [1.82, 2.24) is 0 Å². The smallest absolute Gasteiger partial charge is 0.278 e. The minimum atomic E-state index is -3.01. The first kappa shape index (κ1) is 13.8. The van der Waals surface area contributed by atoms with Gasteiger partial charge >= 0.3 is 0 Å². The molecular formula is C11H22F2O. The first-order chi connectivity index (χ1) is 6.11. The number of hydrogen-bond donors (Lipinski definition) is 1. The monoisotopic (exact) mass is 208 g/mol. The second-order valence-electron chi connectivity index (χ2n) is 4.98. The van der Waals surface area contributed by atoms with E-state index in [1.165, 1.54) is 20.8 Å². The van der Waals surface area contributed by atoms with Crippen LogP contribution in [0.15, 0.2) is 0 Å². The van der Waals surface area contributed by atoms with Crippen LogP contribution >= 0.6 is 0 Å². The second kappa shape index (κ2) is 4.56. The average Bonchev–Trinajstić information content (AvgIpc) is 2.00. The molecule has 0 saturated heterocycles. The van der Waals surface area contributed by atoms with E-state index in [-0.39, 0.29) is 6.42 Å². The molecule has 0 heterocycles. The predicted octanol–water partition coefficient (Wildman–Crippen LogP) is 3.46. The molecule has 0 amide bonds. The zero-order valence-corrected chi connectivity index (χ0v) is 9.77. The maximum Gasteiger partial charge on any atom is 0.278 e. The average molecular weight is 208 g/mol. The molecule has 0 aliphatic heterocycles. The number of rotatable bonds is 5. The highest BCUT2D eigenvalue weighted by molar-refractivity contribution is 4.91. The number of aliphatic hydroxyl groups is 1. The van der Waals surface area contributed by atoms with Gasteiger partial charge in [0, 0.05) is 5.92 Å². The topological polar surface area (TPSA) is 20.2 Å². The third-order valence-electron chi connectivity index (χ3n) is 2.65. The van der Waals surface area contributed by atoms with E-state index < -0.39 is 17.4 Å². The van der Waals surface area contributed by atoms with Crippen molar-refractivity contribution in [3.8, 4) is 0 Å². The van der Waals surface area contributed by atoms with Gasteiger partial charge in [0.2, 0.25) is 0 Å². The molecule has 1 nitrogen and oxygen atoms in total. The Hall–Kier alpha value is -0.180. The van der Waals surface area contributed by atoms with E-state index in [4.69, 9.17) is 0 Å². The zero-order chi connectivity index (χ0) is 11.6. The van der Waals surface area contributed by atoms with E-state index in [0.29, 0.717) is 12.3 Å². The van der Waals surface area contributed by atoms with Gasteiger partial charge in [-0.25, -0.2) is 8.78 Å². The van der Waals surface area contributed by atoms with Crippen LogP contribution < -0.4 is 0 Å². The Bertz CT molecular complexity index is 174. The van der Waals surface area contributed by atoms with Crippen molar-refractivity contribution in [2.75, 3.05) is 0 Å². The molecule has 1 N–H and O–H groups in total. The number of hydrogen-bond acceptors (Lipinski definition) is 1. The Kier molecular flexibility index (Phi) is 4.50. The van der Waals surface area contributed by atoms with Gasteiger partial charge in [0.1, 0.15) is 5.60 Å². The molecule has 0 radical (unpaired) electrons. The summed E-state index contributed by atoms with van der Waals surface area (Å²) in [5.41, 5.74) is -1.88. The summed E-state index contributed by atoms with van der Waals surface area (Å²) in [4.78, 5) is 0. The summed E-state index contributed by atoms with van der Waals surface area (Å²) in [5.74, 6) is -3.50. The van der Waals surface area contributed by atoms with Crippen LogP contribution in [0.3, 0.4) is 0 Å². The second-order valence-corrected chi connectivity index (χ2v) is 4.98. The van der Waals surface area contributed by atoms with Crippen molar-refractivity contribution in [1.29, 1.82) is 0 Å². The lowest BCUT2D eigenvalue weighted by Crippen LogP contribution is -2.49. The fourth-order valence-corrected chi connectivity index (χ4v) is 1.36. The highest BCUT2D eigenvalue weighted by Gasteiger charge is 2.50. The van der Waals surface area contributed by atoms with Crippen molar-refractivity contribution in [2.24, 2.45) is 11.8 Å². The normalized spacial score (nSPS) is 17.6. The molecule has 0 aliphatic carbocycles. The molecule has 3 heteroatoms. The van der Waals surface area contributed by atoms with Crippen LogP contribution in [-0.4, -0.2) is 16.6 Å². The van der Waals surface area contributed by atoms with Gasteiger partial charge < -0.3 is 5.11 Å². The molecule has 0 saturated carbocycles. The Morgan fingerprint density at radius 1 is 1.14 bits per heavy atom. The highest BCUT2D eigenvalue weighted by atomic mass is 19.3. The van der Waals surface area contributed by atoms with E-state index in [1.54, 1.807) is 0 Å². The van der Waals surface area contributed by atoms with Crippen LogP contribution in [0.25, 0.3) is 0 Å². The molecular weight excluding hydrogens is 186 g/mol. The quantitative estimate of drug-likeness (QED) is 0.733. The van der Waals surface area contributed by atoms with Crippen LogP contribution in [-0.2, 0) is 0 Å². The summed E-state index contributed by atoms with van der Waals surface area (Å²) in [6.07, 6.45) is 0.769. The van der Waals surface area contributed by atoms with Crippen molar-refractivity contribution >= 4 is 0 Å². The van der Waals surface area contributed by atoms with Crippen LogP contribution in [0.4, 0.5) is 8.78 Å². The van der Waals surface area contributed by atoms with Gasteiger partial charge in [0.05, 0.1) is 0 Å². The molecule has 0 bridgehead atoms. The molecule has 0 rings (SSSR count). The molecule has 0 spiro atoms. The molecule has 0 aromatic carbocycles. The summed E-state index contributed by atoms with van der Waals surface area (Å²) < 4.78 is 27.0. The Labute approximate surface area is 85.5 Å². The lowest BCUT2D eigenvalue weighted by Gasteiger charge is -2.35. The zero-order valence-electron chi connectivity index (χ0n) is 9.77. The molecule has 0 aromatic rings. The van der Waals surface area contributed by atoms with Crippen LogP contribution in [0.1, 0.15) is 47.5 Å². The van der Waals surface area contributed by atoms with Gasteiger partial charge in [0.15, 0.2) is 0 Å². The van der Waals surface area contributed by atoms with E-state index in [9.17, 15) is 13.9 Å². The summed E-state index contributed by atoms with van der Waals surface area (Å²) >= 11 is 0. The van der Waals surface area contributed by atoms with E-state index in [1.807, 2.05) is 13.8 Å². The lowest BCUT2D eigenvalue weighted by molar-refractivity contribution is -0.200. The first-order valence-corrected chi connectivity index (χ1v) is 5.21. The van der Waals surface area contributed by atoms with Crippen molar-refractivity contribution < 1.29 is 13.9 Å². The third kappa shape index (κ3) is 3.19. The van der Waals surface area contributed by atoms with Crippen LogP contribution in [0, 0.1) is 11.8 Å². The van der Waals surface area contributed by atoms with Gasteiger partial charge in [-0.15, -0.1) is 0 Å². The molecule has 0 fully saturated rings. The largest absolute Gasteiger partial charge is 0.384 e. The molecule has 1 unspecified atom stereocenters. The molecule has 14 heavy (non-hydrogen) atoms. The van der Waals surface area contributed by atoms with Gasteiger partial charge in [-0.2, -0.15) is 0 Å². The fourth-order valence-electron chi connectivity index (χ4n) is 1.36. The van der Waals surface area contributed by atoms with E-state index in [2.05, 4.69) is 0 Å². The summed E-state index contributed by atoms with van der Waals surface area (Å²) in [5, 5.41) is 9.71. The molecule has 0 aromatic heterocycles. The van der Waals surface area contributed by atoms with Crippen LogP contribution in [0.2, 0.25) is 0 Å². The van der Waals surface area contributed by atoms with Crippen molar-refractivity contribution in [3.63, 3.8) is 0 Å². The molecule has 0 aliphatic rings. The Balaban J connectivity index is 4.44. The standard InChI is InChI=1S/C11H22F2O/c1-8(2)6-7-10(5,14)11(12,13)9(3)4/h8-9,14H,6-7H2,1-5H3. The predicted molar refractivity (Wildman–Crippen MR) is 54.5 cm³/mol. The fraction of sp³-hybridized carbons (Fsp3) is 1.00. The third-order valence-corrected chi connectivity index (χ3v) is 2.65. The molecule has 1 atom stereocenters. The maximum absolute atomic E-state index is 13.5. The summed E-state index contributed by atoms with van der Waals surface area (Å²) in [7, 11) is 0. The van der Waals surface area contributed by atoms with Crippen molar-refractivity contribution in [2.45, 2.75) is 59.0 Å². The SMILES string of the molecule is CC(C)CCC(C)(O)C(F)(F)C(C)C. The highest BCUT2D eigenvalue weighted by Crippen LogP contribution is 2.38. The molecule has 86 valence electrons. The Morgan fingerprint density at radius 2 is 1.57 bits per heavy atom. The summed E-state index contributed by atoms with van der Waals surface area (Å²) in [6, 6.07) is 0. The van der Waals surface area contributed by atoms with Gasteiger partial charge in [-0.3, -0.25) is 0 Å². The maximum atomic E-state index is 13.5. The van der Waals surface area contributed by atoms with E-state index >= 15 is 0 Å². The minimum Gasteiger partial charge on any atom is -0.384 e. The Morgan fingerprint density at radius 3 is 1.86 bits per heavy atom. The van der Waals surface area contributed by atoms with Gasteiger partial charge in [-0.05, 0) is 25.7 Å². The minimum absolute atomic E-state index is 0.149. The van der Waals surface area contributed by atoms with Gasteiger partial charge in [0.25, 0.3) is 5.92 Å². The summed E-state index contributed by atoms with van der Waals surface area (Å²) in [6.45, 7) is 8.02. The lowest BCUT2D eigenvalue weighted by atomic mass is 9.84. The van der Waals surface area contributed by atoms with Crippen LogP contribution in [0.5, 0.6) is 0 Å². The number of alkyl halides is 2. The first-order valence-electron chi connectivity index (χ1n) is 5.21. The van der Waals surface area contributed by atoms with Gasteiger partial charge in [-0.1, -0.05) is 27.7 Å². The van der Waals surface area contributed by atoms with Crippen molar-refractivity contribution in [3.05, 3.63) is 0 Å².